The highest BCUT2D eigenvalue weighted by atomic mass is 32.2. The summed E-state index contributed by atoms with van der Waals surface area (Å²) in [5.74, 6) is 1.16. The van der Waals surface area contributed by atoms with E-state index in [1.807, 2.05) is 47.7 Å². The van der Waals surface area contributed by atoms with Crippen LogP contribution in [0.4, 0.5) is 0 Å². The molecule has 0 saturated carbocycles. The summed E-state index contributed by atoms with van der Waals surface area (Å²) in [6.45, 7) is 2.08. The SMILES string of the molecule is C[C@H](CCc1ccccc1)NC(=O)CSc1nc(-c2ccccc2)nc2sc3c(c12)CCCC3. The van der Waals surface area contributed by atoms with Gasteiger partial charge in [0.1, 0.15) is 9.86 Å². The highest BCUT2D eigenvalue weighted by Gasteiger charge is 2.22. The number of carbonyl (C=O) groups is 1. The van der Waals surface area contributed by atoms with Gasteiger partial charge in [-0.15, -0.1) is 11.3 Å². The van der Waals surface area contributed by atoms with Crippen molar-refractivity contribution in [3.63, 3.8) is 0 Å². The summed E-state index contributed by atoms with van der Waals surface area (Å²) < 4.78 is 0. The summed E-state index contributed by atoms with van der Waals surface area (Å²) >= 11 is 3.35. The van der Waals surface area contributed by atoms with Crippen LogP contribution >= 0.6 is 23.1 Å². The lowest BCUT2D eigenvalue weighted by atomic mass is 9.97. The number of carbonyl (C=O) groups excluding carboxylic acids is 1. The number of amides is 1. The van der Waals surface area contributed by atoms with Gasteiger partial charge in [0.05, 0.1) is 5.75 Å². The summed E-state index contributed by atoms with van der Waals surface area (Å²) in [7, 11) is 0. The lowest BCUT2D eigenvalue weighted by Gasteiger charge is -2.15. The summed E-state index contributed by atoms with van der Waals surface area (Å²) in [5.41, 5.74) is 3.72. The number of aromatic nitrogens is 2. The van der Waals surface area contributed by atoms with Crippen LogP contribution in [0, 0.1) is 0 Å². The van der Waals surface area contributed by atoms with Gasteiger partial charge in [-0.3, -0.25) is 4.79 Å². The number of hydrogen-bond acceptors (Lipinski definition) is 5. The predicted octanol–water partition coefficient (Wildman–Crippen LogP) is 6.47. The molecular formula is C28H29N3OS2. The van der Waals surface area contributed by atoms with E-state index < -0.39 is 0 Å². The van der Waals surface area contributed by atoms with Crippen molar-refractivity contribution in [3.05, 3.63) is 76.7 Å². The van der Waals surface area contributed by atoms with E-state index in [0.29, 0.717) is 5.75 Å². The Balaban J connectivity index is 1.32. The van der Waals surface area contributed by atoms with E-state index in [1.165, 1.54) is 34.2 Å². The molecule has 1 amide bonds. The number of nitrogens with one attached hydrogen (secondary N) is 1. The number of rotatable bonds is 8. The monoisotopic (exact) mass is 487 g/mol. The lowest BCUT2D eigenvalue weighted by Crippen LogP contribution is -2.34. The molecule has 0 aliphatic heterocycles. The minimum Gasteiger partial charge on any atom is -0.353 e. The van der Waals surface area contributed by atoms with Gasteiger partial charge in [-0.1, -0.05) is 72.4 Å². The molecule has 174 valence electrons. The lowest BCUT2D eigenvalue weighted by molar-refractivity contribution is -0.119. The molecule has 34 heavy (non-hydrogen) atoms. The van der Waals surface area contributed by atoms with E-state index in [-0.39, 0.29) is 11.9 Å². The molecule has 2 aromatic heterocycles. The van der Waals surface area contributed by atoms with Gasteiger partial charge in [0.2, 0.25) is 5.91 Å². The van der Waals surface area contributed by atoms with Gasteiger partial charge in [0.15, 0.2) is 5.82 Å². The Morgan fingerprint density at radius 2 is 1.76 bits per heavy atom. The maximum atomic E-state index is 12.8. The van der Waals surface area contributed by atoms with E-state index in [2.05, 4.69) is 36.5 Å². The van der Waals surface area contributed by atoms with Crippen molar-refractivity contribution in [1.29, 1.82) is 0 Å². The third-order valence-electron chi connectivity index (χ3n) is 6.27. The molecule has 0 radical (unpaired) electrons. The second-order valence-electron chi connectivity index (χ2n) is 8.89. The first-order valence-corrected chi connectivity index (χ1v) is 13.8. The Morgan fingerprint density at radius 3 is 2.56 bits per heavy atom. The molecule has 0 unspecified atom stereocenters. The molecule has 6 heteroatoms. The van der Waals surface area contributed by atoms with E-state index in [1.54, 1.807) is 11.8 Å². The maximum Gasteiger partial charge on any atom is 0.230 e. The highest BCUT2D eigenvalue weighted by molar-refractivity contribution is 8.00. The van der Waals surface area contributed by atoms with Crippen LogP contribution in [0.15, 0.2) is 65.7 Å². The van der Waals surface area contributed by atoms with Crippen molar-refractivity contribution in [2.45, 2.75) is 56.5 Å². The van der Waals surface area contributed by atoms with Crippen LogP contribution in [0.1, 0.15) is 42.2 Å². The molecule has 4 nitrogen and oxygen atoms in total. The number of benzene rings is 2. The zero-order valence-electron chi connectivity index (χ0n) is 19.4. The van der Waals surface area contributed by atoms with Crippen molar-refractivity contribution < 1.29 is 4.79 Å². The molecule has 0 spiro atoms. The van der Waals surface area contributed by atoms with Gasteiger partial charge in [-0.05, 0) is 56.6 Å². The average Bonchev–Trinajstić information content (AvgIpc) is 3.26. The summed E-state index contributed by atoms with van der Waals surface area (Å²) in [5, 5.41) is 5.29. The number of aryl methyl sites for hydroxylation is 3. The fraction of sp³-hybridized carbons (Fsp3) is 0.321. The molecule has 0 fully saturated rings. The Kier molecular flexibility index (Phi) is 7.26. The topological polar surface area (TPSA) is 54.9 Å². The molecule has 1 aliphatic rings. The van der Waals surface area contributed by atoms with Crippen molar-refractivity contribution in [1.82, 2.24) is 15.3 Å². The fourth-order valence-electron chi connectivity index (χ4n) is 4.50. The average molecular weight is 488 g/mol. The van der Waals surface area contributed by atoms with E-state index >= 15 is 0 Å². The van der Waals surface area contributed by atoms with Gasteiger partial charge in [0, 0.05) is 21.9 Å². The Hall–Kier alpha value is -2.70. The summed E-state index contributed by atoms with van der Waals surface area (Å²) in [6, 6.07) is 20.7. The number of nitrogens with zero attached hydrogens (tertiary/aromatic N) is 2. The third-order valence-corrected chi connectivity index (χ3v) is 8.43. The standard InChI is InChI=1S/C28H29N3OS2/c1-19(16-17-20-10-4-2-5-11-20)29-24(32)18-33-27-25-22-14-8-9-15-23(22)34-28(25)31-26(30-27)21-12-6-3-7-13-21/h2-7,10-13,19H,8-9,14-18H2,1H3,(H,29,32)/t19-/m1/s1. The first kappa shape index (κ1) is 23.1. The summed E-state index contributed by atoms with van der Waals surface area (Å²) in [6.07, 6.45) is 6.55. The van der Waals surface area contributed by atoms with Gasteiger partial charge >= 0.3 is 0 Å². The van der Waals surface area contributed by atoms with Gasteiger partial charge in [-0.2, -0.15) is 0 Å². The van der Waals surface area contributed by atoms with E-state index in [9.17, 15) is 4.79 Å². The Morgan fingerprint density at radius 1 is 1.03 bits per heavy atom. The van der Waals surface area contributed by atoms with Crippen LogP contribution in [-0.4, -0.2) is 27.7 Å². The van der Waals surface area contributed by atoms with Crippen LogP contribution in [0.25, 0.3) is 21.6 Å². The molecule has 1 N–H and O–H groups in total. The van der Waals surface area contributed by atoms with Crippen LogP contribution in [0.3, 0.4) is 0 Å². The van der Waals surface area contributed by atoms with Crippen LogP contribution < -0.4 is 5.32 Å². The zero-order valence-corrected chi connectivity index (χ0v) is 21.1. The number of thiophene rings is 1. The fourth-order valence-corrected chi connectivity index (χ4v) is 6.69. The molecule has 2 heterocycles. The molecule has 0 bridgehead atoms. The zero-order chi connectivity index (χ0) is 23.3. The number of hydrogen-bond donors (Lipinski definition) is 1. The molecular weight excluding hydrogens is 458 g/mol. The molecule has 4 aromatic rings. The van der Waals surface area contributed by atoms with Gasteiger partial charge in [-0.25, -0.2) is 9.97 Å². The third kappa shape index (κ3) is 5.34. The second kappa shape index (κ2) is 10.7. The molecule has 0 saturated heterocycles. The van der Waals surface area contributed by atoms with Crippen molar-refractivity contribution >= 4 is 39.2 Å². The summed E-state index contributed by atoms with van der Waals surface area (Å²) in [4.78, 5) is 25.2. The van der Waals surface area contributed by atoms with Crippen LogP contribution in [-0.2, 0) is 24.1 Å². The Labute approximate surface area is 209 Å². The minimum atomic E-state index is 0.0580. The first-order valence-electron chi connectivity index (χ1n) is 12.0. The smallest absolute Gasteiger partial charge is 0.230 e. The van der Waals surface area contributed by atoms with E-state index in [0.717, 1.165) is 46.9 Å². The van der Waals surface area contributed by atoms with Crippen molar-refractivity contribution in [2.24, 2.45) is 0 Å². The van der Waals surface area contributed by atoms with Crippen LogP contribution in [0.2, 0.25) is 0 Å². The molecule has 5 rings (SSSR count). The Bertz CT molecular complexity index is 1270. The van der Waals surface area contributed by atoms with Crippen molar-refractivity contribution in [3.8, 4) is 11.4 Å². The first-order chi connectivity index (χ1) is 16.7. The predicted molar refractivity (Wildman–Crippen MR) is 143 cm³/mol. The van der Waals surface area contributed by atoms with E-state index in [4.69, 9.17) is 9.97 Å². The van der Waals surface area contributed by atoms with Gasteiger partial charge in [0.25, 0.3) is 0 Å². The van der Waals surface area contributed by atoms with Crippen molar-refractivity contribution in [2.75, 3.05) is 5.75 Å². The normalized spacial score (nSPS) is 14.0. The maximum absolute atomic E-state index is 12.8. The molecule has 1 aliphatic carbocycles. The molecule has 2 aromatic carbocycles. The molecule has 1 atom stereocenters. The number of fused-ring (bicyclic) bond motifs is 3. The highest BCUT2D eigenvalue weighted by Crippen LogP contribution is 2.40. The van der Waals surface area contributed by atoms with Crippen LogP contribution in [0.5, 0.6) is 0 Å². The number of thioether (sulfide) groups is 1. The van der Waals surface area contributed by atoms with Gasteiger partial charge < -0.3 is 5.32 Å². The largest absolute Gasteiger partial charge is 0.353 e. The quantitative estimate of drug-likeness (QED) is 0.229. The minimum absolute atomic E-state index is 0.0580. The second-order valence-corrected chi connectivity index (χ2v) is 10.9.